The summed E-state index contributed by atoms with van der Waals surface area (Å²) in [5.41, 5.74) is 5.25. The molecule has 5 aromatic rings. The maximum absolute atomic E-state index is 13.1. The van der Waals surface area contributed by atoms with Gasteiger partial charge in [0.15, 0.2) is 0 Å². The lowest BCUT2D eigenvalue weighted by Gasteiger charge is -2.28. The van der Waals surface area contributed by atoms with Crippen molar-refractivity contribution in [3.63, 3.8) is 0 Å². The van der Waals surface area contributed by atoms with Gasteiger partial charge in [0, 0.05) is 61.9 Å². The van der Waals surface area contributed by atoms with Gasteiger partial charge in [0.25, 0.3) is 5.56 Å². The van der Waals surface area contributed by atoms with Crippen LogP contribution in [0.25, 0.3) is 33.3 Å². The number of nitrogens with zero attached hydrogens (tertiary/aromatic N) is 4. The van der Waals surface area contributed by atoms with Crippen molar-refractivity contribution in [3.8, 4) is 28.3 Å². The summed E-state index contributed by atoms with van der Waals surface area (Å²) in [6, 6.07) is 17.1. The number of aliphatic hydroxyl groups is 1. The van der Waals surface area contributed by atoms with E-state index >= 15 is 0 Å². The van der Waals surface area contributed by atoms with Crippen LogP contribution in [-0.2, 0) is 25.4 Å². The fourth-order valence-corrected chi connectivity index (χ4v) is 6.20. The number of hydrogen-bond donors (Lipinski definition) is 3. The van der Waals surface area contributed by atoms with Crippen LogP contribution in [-0.4, -0.2) is 56.7 Å². The summed E-state index contributed by atoms with van der Waals surface area (Å²) in [5, 5.41) is 17.8. The van der Waals surface area contributed by atoms with E-state index in [9.17, 15) is 14.7 Å². The third-order valence-corrected chi connectivity index (χ3v) is 8.96. The van der Waals surface area contributed by atoms with Gasteiger partial charge in [-0.2, -0.15) is 0 Å². The number of benzene rings is 2. The number of hydrogen-bond acceptors (Lipinski definition) is 9. The first-order valence-electron chi connectivity index (χ1n) is 14.9. The predicted octanol–water partition coefficient (Wildman–Crippen LogP) is 4.31. The number of halogens is 1. The van der Waals surface area contributed by atoms with E-state index in [1.807, 2.05) is 55.5 Å². The zero-order valence-corrected chi connectivity index (χ0v) is 26.8. The molecule has 0 aliphatic carbocycles. The number of anilines is 2. The molecule has 2 unspecified atom stereocenters. The van der Waals surface area contributed by atoms with E-state index in [1.54, 1.807) is 26.4 Å². The second kappa shape index (κ2) is 13.1. The second-order valence-corrected chi connectivity index (χ2v) is 11.7. The van der Waals surface area contributed by atoms with Gasteiger partial charge in [0.2, 0.25) is 5.88 Å². The van der Waals surface area contributed by atoms with Crippen LogP contribution in [0.3, 0.4) is 0 Å². The number of aryl methyl sites for hydroxylation is 1. The molecule has 1 saturated heterocycles. The highest BCUT2D eigenvalue weighted by atomic mass is 35.5. The number of aliphatic hydroxyl groups excluding tert-OH is 1. The van der Waals surface area contributed by atoms with Crippen molar-refractivity contribution >= 4 is 34.0 Å². The lowest BCUT2D eigenvalue weighted by molar-refractivity contribution is -0.0281. The van der Waals surface area contributed by atoms with Gasteiger partial charge in [-0.15, -0.1) is 0 Å². The average Bonchev–Trinajstić information content (AvgIpc) is 3.07. The zero-order valence-electron chi connectivity index (χ0n) is 26.0. The average molecular weight is 643 g/mol. The second-order valence-electron chi connectivity index (χ2n) is 11.3. The Labute approximate surface area is 270 Å². The molecular formula is C34H35ClN6O5. The molecule has 4 heterocycles. The summed E-state index contributed by atoms with van der Waals surface area (Å²) in [5.74, 6) is 0.827. The summed E-state index contributed by atoms with van der Waals surface area (Å²) >= 11 is 7.08. The molecular weight excluding hydrogens is 608 g/mol. The number of nitrogens with one attached hydrogen (secondary N) is 2. The van der Waals surface area contributed by atoms with Crippen molar-refractivity contribution in [2.75, 3.05) is 25.6 Å². The normalized spacial score (nSPS) is 16.5. The molecule has 1 aliphatic heterocycles. The quantitative estimate of drug-likeness (QED) is 0.226. The van der Waals surface area contributed by atoms with Crippen molar-refractivity contribution < 1.29 is 14.6 Å². The lowest BCUT2D eigenvalue weighted by atomic mass is 9.96. The highest BCUT2D eigenvalue weighted by Crippen LogP contribution is 2.39. The Morgan fingerprint density at radius 3 is 2.59 bits per heavy atom. The summed E-state index contributed by atoms with van der Waals surface area (Å²) in [4.78, 5) is 34.8. The highest BCUT2D eigenvalue weighted by molar-refractivity contribution is 6.36. The van der Waals surface area contributed by atoms with Crippen molar-refractivity contribution in [2.45, 2.75) is 32.0 Å². The topological polar surface area (TPSA) is 133 Å². The fourth-order valence-electron chi connectivity index (χ4n) is 5.88. The van der Waals surface area contributed by atoms with Crippen molar-refractivity contribution in [1.82, 2.24) is 24.4 Å². The van der Waals surface area contributed by atoms with Gasteiger partial charge in [-0.25, -0.2) is 14.8 Å². The summed E-state index contributed by atoms with van der Waals surface area (Å²) in [7, 11) is 4.66. The van der Waals surface area contributed by atoms with Crippen LogP contribution in [0.2, 0.25) is 5.02 Å². The standard InChI is InChI=1S/C34H35ClN6O5/c1-19-21(7-6-10-24(19)38-31-29-27(13-15-36-31)40(2)34(44)41(3)33(29)43)22-8-5-9-23(30(22)35)25-12-11-20(32(39-25)45-4)17-37-26-14-16-46-18-28(26)42/h5-13,15,26,28,37,42H,14,16-18H2,1-4H3,(H,36,38). The fraction of sp³-hybridized carbons (Fsp3) is 0.294. The molecule has 0 radical (unpaired) electrons. The van der Waals surface area contributed by atoms with Crippen LogP contribution in [0.4, 0.5) is 11.5 Å². The molecule has 0 spiro atoms. The SMILES string of the molecule is COc1nc(-c2cccc(-c3cccc(Nc4nccc5c4c(=O)n(C)c(=O)n5C)c3C)c2Cl)ccc1CNC1CCOCC1O. The zero-order chi connectivity index (χ0) is 32.5. The maximum Gasteiger partial charge on any atom is 0.330 e. The van der Waals surface area contributed by atoms with Gasteiger partial charge in [0.1, 0.15) is 11.2 Å². The Hall–Kier alpha value is -4.55. The Balaban J connectivity index is 1.32. The van der Waals surface area contributed by atoms with Crippen LogP contribution in [0.1, 0.15) is 17.5 Å². The number of fused-ring (bicyclic) bond motifs is 1. The minimum atomic E-state index is -0.559. The Bertz CT molecular complexity index is 2060. The number of rotatable bonds is 8. The van der Waals surface area contributed by atoms with Crippen molar-refractivity contribution in [1.29, 1.82) is 0 Å². The van der Waals surface area contributed by atoms with Crippen LogP contribution in [0, 0.1) is 6.92 Å². The molecule has 0 saturated carbocycles. The highest BCUT2D eigenvalue weighted by Gasteiger charge is 2.24. The molecule has 2 aromatic carbocycles. The Morgan fingerprint density at radius 2 is 1.80 bits per heavy atom. The smallest absolute Gasteiger partial charge is 0.330 e. The van der Waals surface area contributed by atoms with E-state index in [-0.39, 0.29) is 6.04 Å². The molecule has 46 heavy (non-hydrogen) atoms. The van der Waals surface area contributed by atoms with E-state index in [0.29, 0.717) is 53.1 Å². The summed E-state index contributed by atoms with van der Waals surface area (Å²) < 4.78 is 13.5. The Morgan fingerprint density at radius 1 is 1.04 bits per heavy atom. The van der Waals surface area contributed by atoms with Crippen LogP contribution in [0.15, 0.2) is 70.4 Å². The monoisotopic (exact) mass is 642 g/mol. The molecule has 238 valence electrons. The molecule has 3 N–H and O–H groups in total. The summed E-state index contributed by atoms with van der Waals surface area (Å²) in [6.07, 6.45) is 1.74. The molecule has 0 amide bonds. The number of ether oxygens (including phenoxy) is 2. The third-order valence-electron chi connectivity index (χ3n) is 8.55. The van der Waals surface area contributed by atoms with Crippen LogP contribution >= 0.6 is 11.6 Å². The van der Waals surface area contributed by atoms with E-state index in [4.69, 9.17) is 26.1 Å². The predicted molar refractivity (Wildman–Crippen MR) is 179 cm³/mol. The third kappa shape index (κ3) is 5.78. The first-order valence-corrected chi connectivity index (χ1v) is 15.3. The van der Waals surface area contributed by atoms with E-state index in [0.717, 1.165) is 44.5 Å². The van der Waals surface area contributed by atoms with E-state index in [2.05, 4.69) is 15.6 Å². The molecule has 6 rings (SSSR count). The van der Waals surface area contributed by atoms with E-state index < -0.39 is 17.4 Å². The van der Waals surface area contributed by atoms with Crippen molar-refractivity contribution in [3.05, 3.63) is 97.8 Å². The van der Waals surface area contributed by atoms with Gasteiger partial charge in [-0.05, 0) is 42.7 Å². The number of aromatic nitrogens is 4. The molecule has 1 aliphatic rings. The van der Waals surface area contributed by atoms with Gasteiger partial charge in [0.05, 0.1) is 36.1 Å². The number of methoxy groups -OCH3 is 1. The minimum absolute atomic E-state index is 0.0618. The summed E-state index contributed by atoms with van der Waals surface area (Å²) in [6.45, 7) is 3.39. The molecule has 1 fully saturated rings. The van der Waals surface area contributed by atoms with Crippen LogP contribution < -0.4 is 26.6 Å². The molecule has 3 aromatic heterocycles. The Kier molecular flexibility index (Phi) is 8.92. The molecule has 2 atom stereocenters. The maximum atomic E-state index is 13.1. The first kappa shape index (κ1) is 31.4. The van der Waals surface area contributed by atoms with Crippen molar-refractivity contribution in [2.24, 2.45) is 14.1 Å². The van der Waals surface area contributed by atoms with Gasteiger partial charge < -0.3 is 25.2 Å². The van der Waals surface area contributed by atoms with E-state index in [1.165, 1.54) is 11.6 Å². The molecule has 0 bridgehead atoms. The number of pyridine rings is 2. The molecule has 11 nitrogen and oxygen atoms in total. The van der Waals surface area contributed by atoms with Gasteiger partial charge in [-0.3, -0.25) is 13.9 Å². The van der Waals surface area contributed by atoms with Crippen LogP contribution in [0.5, 0.6) is 5.88 Å². The van der Waals surface area contributed by atoms with Gasteiger partial charge in [-0.1, -0.05) is 48.0 Å². The lowest BCUT2D eigenvalue weighted by Crippen LogP contribution is -2.46. The van der Waals surface area contributed by atoms with Gasteiger partial charge >= 0.3 is 5.69 Å². The first-order chi connectivity index (χ1) is 22.2. The molecule has 12 heteroatoms. The largest absolute Gasteiger partial charge is 0.481 e. The minimum Gasteiger partial charge on any atom is -0.481 e.